The van der Waals surface area contributed by atoms with Gasteiger partial charge in [0.15, 0.2) is 5.78 Å². The van der Waals surface area contributed by atoms with E-state index in [0.717, 1.165) is 23.1 Å². The molecule has 1 N–H and O–H groups in total. The van der Waals surface area contributed by atoms with Crippen molar-refractivity contribution in [2.45, 2.75) is 20.3 Å². The molecule has 0 amide bonds. The van der Waals surface area contributed by atoms with Gasteiger partial charge in [0.2, 0.25) is 0 Å². The average Bonchev–Trinajstić information content (AvgIpc) is 2.41. The molecule has 0 radical (unpaired) electrons. The number of Topliss-reactive ketones (excluding diaryl/α,β-unsaturated/α-hetero) is 1. The fourth-order valence-electron chi connectivity index (χ4n) is 2.10. The van der Waals surface area contributed by atoms with Crippen molar-refractivity contribution < 1.29 is 14.7 Å². The van der Waals surface area contributed by atoms with E-state index in [4.69, 9.17) is 5.11 Å². The topological polar surface area (TPSA) is 54.4 Å². The molecule has 0 bridgehead atoms. The van der Waals surface area contributed by atoms with Crippen molar-refractivity contribution in [2.24, 2.45) is 0 Å². The van der Waals surface area contributed by atoms with Crippen molar-refractivity contribution in [3.05, 3.63) is 70.3 Å². The van der Waals surface area contributed by atoms with E-state index < -0.39 is 5.97 Å². The van der Waals surface area contributed by atoms with E-state index in [1.807, 2.05) is 37.3 Å². The first-order chi connectivity index (χ1) is 9.47. The van der Waals surface area contributed by atoms with Crippen LogP contribution in [0, 0.1) is 6.92 Å². The molecule has 2 aromatic carbocycles. The van der Waals surface area contributed by atoms with Gasteiger partial charge in [-0.2, -0.15) is 0 Å². The van der Waals surface area contributed by atoms with Crippen molar-refractivity contribution in [3.63, 3.8) is 0 Å². The van der Waals surface area contributed by atoms with E-state index in [1.54, 1.807) is 19.1 Å². The minimum atomic E-state index is -0.912. The van der Waals surface area contributed by atoms with E-state index in [0.29, 0.717) is 11.1 Å². The Morgan fingerprint density at radius 3 is 2.10 bits per heavy atom. The fraction of sp³-hybridized carbons (Fsp3) is 0.176. The molecule has 3 heteroatoms. The van der Waals surface area contributed by atoms with E-state index in [2.05, 4.69) is 0 Å². The number of rotatable bonds is 4. The molecule has 0 aliphatic rings. The zero-order valence-electron chi connectivity index (χ0n) is 11.5. The standard InChI is InChI=1S/C17H16O3/c1-11-9-16(17(19)20)8-7-15(11)10-13-3-5-14(6-4-13)12(2)18/h3-9H,10H2,1-2H3,(H,19,20). The molecule has 0 aliphatic heterocycles. The van der Waals surface area contributed by atoms with Crippen LogP contribution in [-0.4, -0.2) is 16.9 Å². The second-order valence-electron chi connectivity index (χ2n) is 4.88. The Morgan fingerprint density at radius 1 is 1.00 bits per heavy atom. The van der Waals surface area contributed by atoms with E-state index in [-0.39, 0.29) is 5.78 Å². The van der Waals surface area contributed by atoms with Gasteiger partial charge in [-0.15, -0.1) is 0 Å². The number of hydrogen-bond acceptors (Lipinski definition) is 2. The number of hydrogen-bond donors (Lipinski definition) is 1. The minimum absolute atomic E-state index is 0.0542. The molecule has 20 heavy (non-hydrogen) atoms. The summed E-state index contributed by atoms with van der Waals surface area (Å²) in [6.45, 7) is 3.45. The summed E-state index contributed by atoms with van der Waals surface area (Å²) in [7, 11) is 0. The number of carbonyl (C=O) groups is 2. The van der Waals surface area contributed by atoms with Crippen molar-refractivity contribution >= 4 is 11.8 Å². The smallest absolute Gasteiger partial charge is 0.335 e. The number of carboxylic acids is 1. The third-order valence-corrected chi connectivity index (χ3v) is 3.34. The lowest BCUT2D eigenvalue weighted by atomic mass is 9.97. The number of carboxylic acid groups (broad SMARTS) is 1. The molecule has 0 saturated carbocycles. The van der Waals surface area contributed by atoms with E-state index in [1.165, 1.54) is 0 Å². The van der Waals surface area contributed by atoms with Gasteiger partial charge in [0, 0.05) is 5.56 Å². The Kier molecular flexibility index (Phi) is 3.99. The van der Waals surface area contributed by atoms with E-state index >= 15 is 0 Å². The van der Waals surface area contributed by atoms with Gasteiger partial charge >= 0.3 is 5.97 Å². The maximum absolute atomic E-state index is 11.2. The Balaban J connectivity index is 2.21. The van der Waals surface area contributed by atoms with Crippen LogP contribution in [0.2, 0.25) is 0 Å². The third kappa shape index (κ3) is 3.12. The number of aryl methyl sites for hydroxylation is 1. The van der Waals surface area contributed by atoms with Crippen LogP contribution < -0.4 is 0 Å². The summed E-state index contributed by atoms with van der Waals surface area (Å²) in [5.74, 6) is -0.857. The first-order valence-electron chi connectivity index (χ1n) is 6.40. The predicted octanol–water partition coefficient (Wildman–Crippen LogP) is 3.49. The second-order valence-corrected chi connectivity index (χ2v) is 4.88. The zero-order chi connectivity index (χ0) is 14.7. The van der Waals surface area contributed by atoms with Crippen molar-refractivity contribution in [1.82, 2.24) is 0 Å². The first kappa shape index (κ1) is 14.0. The van der Waals surface area contributed by atoms with Crippen molar-refractivity contribution in [1.29, 1.82) is 0 Å². The molecule has 3 nitrogen and oxygen atoms in total. The van der Waals surface area contributed by atoms with Gasteiger partial charge in [-0.1, -0.05) is 30.3 Å². The van der Waals surface area contributed by atoms with Crippen LogP contribution in [0.1, 0.15) is 44.3 Å². The van der Waals surface area contributed by atoms with Gasteiger partial charge in [-0.05, 0) is 49.1 Å². The van der Waals surface area contributed by atoms with Gasteiger partial charge in [-0.25, -0.2) is 4.79 Å². The molecular formula is C17H16O3. The Hall–Kier alpha value is -2.42. The number of ketones is 1. The van der Waals surface area contributed by atoms with Gasteiger partial charge in [0.1, 0.15) is 0 Å². The highest BCUT2D eigenvalue weighted by Gasteiger charge is 2.06. The lowest BCUT2D eigenvalue weighted by molar-refractivity contribution is 0.0696. The van der Waals surface area contributed by atoms with Gasteiger partial charge in [0.05, 0.1) is 5.56 Å². The van der Waals surface area contributed by atoms with Gasteiger partial charge < -0.3 is 5.11 Å². The summed E-state index contributed by atoms with van der Waals surface area (Å²) in [5.41, 5.74) is 4.15. The normalized spacial score (nSPS) is 10.3. The van der Waals surface area contributed by atoms with Crippen LogP contribution >= 0.6 is 0 Å². The molecule has 0 aromatic heterocycles. The largest absolute Gasteiger partial charge is 0.478 e. The highest BCUT2D eigenvalue weighted by atomic mass is 16.4. The van der Waals surface area contributed by atoms with Crippen LogP contribution in [0.15, 0.2) is 42.5 Å². The minimum Gasteiger partial charge on any atom is -0.478 e. The molecule has 0 atom stereocenters. The fourth-order valence-corrected chi connectivity index (χ4v) is 2.10. The summed E-state index contributed by atoms with van der Waals surface area (Å²) >= 11 is 0. The summed E-state index contributed by atoms with van der Waals surface area (Å²) < 4.78 is 0. The summed E-state index contributed by atoms with van der Waals surface area (Å²) in [4.78, 5) is 22.1. The van der Waals surface area contributed by atoms with Crippen LogP contribution in [-0.2, 0) is 6.42 Å². The van der Waals surface area contributed by atoms with Gasteiger partial charge in [0.25, 0.3) is 0 Å². The van der Waals surface area contributed by atoms with Crippen molar-refractivity contribution in [2.75, 3.05) is 0 Å². The van der Waals surface area contributed by atoms with Crippen LogP contribution in [0.4, 0.5) is 0 Å². The summed E-state index contributed by atoms with van der Waals surface area (Å²) in [6.07, 6.45) is 0.726. The number of aromatic carboxylic acids is 1. The molecule has 0 aliphatic carbocycles. The molecule has 0 unspecified atom stereocenters. The highest BCUT2D eigenvalue weighted by Crippen LogP contribution is 2.16. The zero-order valence-corrected chi connectivity index (χ0v) is 11.5. The number of carbonyl (C=O) groups excluding carboxylic acids is 1. The van der Waals surface area contributed by atoms with Crippen LogP contribution in [0.25, 0.3) is 0 Å². The lowest BCUT2D eigenvalue weighted by Crippen LogP contribution is -1.99. The molecule has 2 aromatic rings. The molecule has 0 spiro atoms. The quantitative estimate of drug-likeness (QED) is 0.864. The van der Waals surface area contributed by atoms with Crippen LogP contribution in [0.3, 0.4) is 0 Å². The third-order valence-electron chi connectivity index (χ3n) is 3.34. The predicted molar refractivity (Wildman–Crippen MR) is 77.4 cm³/mol. The maximum Gasteiger partial charge on any atom is 0.335 e. The highest BCUT2D eigenvalue weighted by molar-refractivity contribution is 5.94. The molecule has 102 valence electrons. The molecular weight excluding hydrogens is 252 g/mol. The molecule has 2 rings (SSSR count). The SMILES string of the molecule is CC(=O)c1ccc(Cc2ccc(C(=O)O)cc2C)cc1. The van der Waals surface area contributed by atoms with Crippen LogP contribution in [0.5, 0.6) is 0 Å². The second kappa shape index (κ2) is 5.70. The van der Waals surface area contributed by atoms with Crippen molar-refractivity contribution in [3.8, 4) is 0 Å². The van der Waals surface area contributed by atoms with E-state index in [9.17, 15) is 9.59 Å². The maximum atomic E-state index is 11.2. The molecule has 0 saturated heterocycles. The summed E-state index contributed by atoms with van der Waals surface area (Å²) in [6, 6.07) is 12.6. The number of benzene rings is 2. The first-order valence-corrected chi connectivity index (χ1v) is 6.40. The summed E-state index contributed by atoms with van der Waals surface area (Å²) in [5, 5.41) is 8.94. The molecule has 0 fully saturated rings. The Morgan fingerprint density at radius 2 is 1.60 bits per heavy atom. The monoisotopic (exact) mass is 268 g/mol. The average molecular weight is 268 g/mol. The molecule has 0 heterocycles. The Labute approximate surface area is 117 Å². The lowest BCUT2D eigenvalue weighted by Gasteiger charge is -2.07. The Bertz CT molecular complexity index is 654. The van der Waals surface area contributed by atoms with Gasteiger partial charge in [-0.3, -0.25) is 4.79 Å².